The van der Waals surface area contributed by atoms with Gasteiger partial charge in [0.15, 0.2) is 0 Å². The fraction of sp³-hybridized carbons (Fsp3) is 0.500. The van der Waals surface area contributed by atoms with E-state index < -0.39 is 0 Å². The molecule has 0 saturated carbocycles. The molecular weight excluding hydrogens is 391 g/mol. The van der Waals surface area contributed by atoms with Gasteiger partial charge in [0, 0.05) is 19.0 Å². The number of nitrogens with zero attached hydrogens (tertiary/aromatic N) is 2. The summed E-state index contributed by atoms with van der Waals surface area (Å²) >= 11 is 0. The highest BCUT2D eigenvalue weighted by molar-refractivity contribution is 5.80. The van der Waals surface area contributed by atoms with Crippen LogP contribution in [0.15, 0.2) is 42.5 Å². The molecule has 2 heterocycles. The molecule has 0 aromatic heterocycles. The van der Waals surface area contributed by atoms with Gasteiger partial charge in [0.1, 0.15) is 11.6 Å². The van der Waals surface area contributed by atoms with E-state index in [0.29, 0.717) is 12.3 Å². The van der Waals surface area contributed by atoms with Gasteiger partial charge in [0.05, 0.1) is 6.04 Å². The van der Waals surface area contributed by atoms with Crippen molar-refractivity contribution in [1.82, 2.24) is 9.80 Å². The second-order valence-electron chi connectivity index (χ2n) is 9.35. The van der Waals surface area contributed by atoms with E-state index in [4.69, 9.17) is 0 Å². The molecule has 0 bridgehead atoms. The van der Waals surface area contributed by atoms with Crippen molar-refractivity contribution in [3.8, 4) is 5.75 Å². The van der Waals surface area contributed by atoms with Gasteiger partial charge in [-0.3, -0.25) is 4.79 Å². The Morgan fingerprint density at radius 1 is 1.13 bits per heavy atom. The lowest BCUT2D eigenvalue weighted by Crippen LogP contribution is -2.47. The third kappa shape index (κ3) is 4.93. The number of rotatable bonds is 5. The maximum Gasteiger partial charge on any atom is 0.226 e. The Hall–Kier alpha value is -2.40. The second kappa shape index (κ2) is 9.39. The Morgan fingerprint density at radius 3 is 2.61 bits per heavy atom. The Balaban J connectivity index is 1.36. The lowest BCUT2D eigenvalue weighted by Gasteiger charge is -2.42. The monoisotopic (exact) mass is 424 g/mol. The van der Waals surface area contributed by atoms with Gasteiger partial charge in [-0.15, -0.1) is 0 Å². The molecule has 1 amide bonds. The molecule has 31 heavy (non-hydrogen) atoms. The molecule has 5 heteroatoms. The number of phenolic OH excluding ortho intramolecular Hbond substituents is 1. The van der Waals surface area contributed by atoms with Crippen molar-refractivity contribution >= 4 is 5.91 Å². The van der Waals surface area contributed by atoms with Crippen LogP contribution in [-0.4, -0.2) is 47.0 Å². The van der Waals surface area contributed by atoms with Gasteiger partial charge in [-0.2, -0.15) is 0 Å². The maximum absolute atomic E-state index is 13.7. The molecule has 4 nitrogen and oxygen atoms in total. The van der Waals surface area contributed by atoms with Gasteiger partial charge in [0.2, 0.25) is 5.91 Å². The molecule has 2 aliphatic heterocycles. The average molecular weight is 425 g/mol. The summed E-state index contributed by atoms with van der Waals surface area (Å²) < 4.78 is 13.7. The standard InChI is InChI=1S/C26H33FN2O2/c1-18(2)25-24-7-6-22(27)17-21(24)11-15-29(25)26(31)20-9-13-28(14-10-20)12-8-19-4-3-5-23(30)16-19/h3-7,16-18,20,25,30H,8-15H2,1-2H3. The fourth-order valence-corrected chi connectivity index (χ4v) is 5.23. The number of halogens is 1. The van der Waals surface area contributed by atoms with Crippen molar-refractivity contribution in [3.05, 3.63) is 65.0 Å². The minimum absolute atomic E-state index is 0.0284. The van der Waals surface area contributed by atoms with Crippen LogP contribution in [0.4, 0.5) is 4.39 Å². The van der Waals surface area contributed by atoms with E-state index >= 15 is 0 Å². The van der Waals surface area contributed by atoms with Crippen LogP contribution < -0.4 is 0 Å². The van der Waals surface area contributed by atoms with E-state index in [-0.39, 0.29) is 29.6 Å². The zero-order valence-electron chi connectivity index (χ0n) is 18.6. The van der Waals surface area contributed by atoms with Crippen LogP contribution in [0.3, 0.4) is 0 Å². The molecule has 1 atom stereocenters. The average Bonchev–Trinajstić information content (AvgIpc) is 2.76. The normalized spacial score (nSPS) is 20.1. The molecule has 0 spiro atoms. The fourth-order valence-electron chi connectivity index (χ4n) is 5.23. The van der Waals surface area contributed by atoms with E-state index in [1.807, 2.05) is 24.3 Å². The summed E-state index contributed by atoms with van der Waals surface area (Å²) in [7, 11) is 0. The SMILES string of the molecule is CC(C)C1c2ccc(F)cc2CCN1C(=O)C1CCN(CCc2cccc(O)c2)CC1. The summed E-state index contributed by atoms with van der Waals surface area (Å²) in [6.45, 7) is 7.77. The van der Waals surface area contributed by atoms with E-state index in [1.165, 1.54) is 6.07 Å². The summed E-state index contributed by atoms with van der Waals surface area (Å²) in [5.74, 6) is 0.740. The molecule has 166 valence electrons. The van der Waals surface area contributed by atoms with E-state index in [1.54, 1.807) is 12.1 Å². The Kier molecular flexibility index (Phi) is 6.61. The van der Waals surface area contributed by atoms with E-state index in [2.05, 4.69) is 23.6 Å². The number of carbonyl (C=O) groups excluding carboxylic acids is 1. The molecular formula is C26H33FN2O2. The summed E-state index contributed by atoms with van der Waals surface area (Å²) in [4.78, 5) is 18.0. The number of carbonyl (C=O) groups is 1. The minimum atomic E-state index is -0.195. The first-order chi connectivity index (χ1) is 14.9. The highest BCUT2D eigenvalue weighted by Crippen LogP contribution is 2.37. The van der Waals surface area contributed by atoms with Crippen molar-refractivity contribution in [2.45, 2.75) is 45.6 Å². The topological polar surface area (TPSA) is 43.8 Å². The van der Waals surface area contributed by atoms with E-state index in [0.717, 1.165) is 62.0 Å². The van der Waals surface area contributed by atoms with Crippen LogP contribution in [0.1, 0.15) is 49.4 Å². The van der Waals surface area contributed by atoms with Crippen molar-refractivity contribution in [2.75, 3.05) is 26.2 Å². The number of hydrogen-bond donors (Lipinski definition) is 1. The molecule has 2 aliphatic rings. The third-order valence-electron chi connectivity index (χ3n) is 6.86. The third-order valence-corrected chi connectivity index (χ3v) is 6.86. The quantitative estimate of drug-likeness (QED) is 0.765. The Morgan fingerprint density at radius 2 is 1.90 bits per heavy atom. The predicted octanol–water partition coefficient (Wildman–Crippen LogP) is 4.57. The molecule has 0 radical (unpaired) electrons. The molecule has 0 aliphatic carbocycles. The summed E-state index contributed by atoms with van der Waals surface area (Å²) in [6, 6.07) is 12.5. The number of likely N-dealkylation sites (tertiary alicyclic amines) is 1. The van der Waals surface area contributed by atoms with Crippen molar-refractivity contribution < 1.29 is 14.3 Å². The molecule has 1 N–H and O–H groups in total. The van der Waals surface area contributed by atoms with E-state index in [9.17, 15) is 14.3 Å². The van der Waals surface area contributed by atoms with Crippen LogP contribution in [0.25, 0.3) is 0 Å². The number of phenols is 1. The molecule has 1 fully saturated rings. The predicted molar refractivity (Wildman–Crippen MR) is 120 cm³/mol. The number of benzene rings is 2. The zero-order valence-corrected chi connectivity index (χ0v) is 18.6. The molecule has 2 aromatic rings. The zero-order chi connectivity index (χ0) is 22.0. The minimum Gasteiger partial charge on any atom is -0.508 e. The van der Waals surface area contributed by atoms with Crippen LogP contribution in [0.2, 0.25) is 0 Å². The highest BCUT2D eigenvalue weighted by atomic mass is 19.1. The second-order valence-corrected chi connectivity index (χ2v) is 9.35. The van der Waals surface area contributed by atoms with Gasteiger partial charge < -0.3 is 14.9 Å². The van der Waals surface area contributed by atoms with Crippen molar-refractivity contribution in [1.29, 1.82) is 0 Å². The van der Waals surface area contributed by atoms with Gasteiger partial charge >= 0.3 is 0 Å². The molecule has 4 rings (SSSR count). The van der Waals surface area contributed by atoms with Gasteiger partial charge in [-0.05, 0) is 85.6 Å². The number of hydrogen-bond acceptors (Lipinski definition) is 3. The van der Waals surface area contributed by atoms with Gasteiger partial charge in [-0.1, -0.05) is 32.0 Å². The Bertz CT molecular complexity index is 921. The lowest BCUT2D eigenvalue weighted by atomic mass is 9.84. The van der Waals surface area contributed by atoms with Crippen molar-refractivity contribution in [2.24, 2.45) is 11.8 Å². The van der Waals surface area contributed by atoms with Crippen LogP contribution in [-0.2, 0) is 17.6 Å². The first-order valence-corrected chi connectivity index (χ1v) is 11.5. The molecule has 1 unspecified atom stereocenters. The van der Waals surface area contributed by atoms with Crippen LogP contribution in [0, 0.1) is 17.7 Å². The first-order valence-electron chi connectivity index (χ1n) is 11.5. The summed E-state index contributed by atoms with van der Waals surface area (Å²) in [5.41, 5.74) is 3.30. The largest absolute Gasteiger partial charge is 0.508 e. The molecule has 2 aromatic carbocycles. The lowest BCUT2D eigenvalue weighted by molar-refractivity contribution is -0.141. The first kappa shape index (κ1) is 21.8. The Labute approximate surface area is 184 Å². The number of piperidine rings is 1. The van der Waals surface area contributed by atoms with Crippen LogP contribution >= 0.6 is 0 Å². The van der Waals surface area contributed by atoms with Crippen molar-refractivity contribution in [3.63, 3.8) is 0 Å². The number of fused-ring (bicyclic) bond motifs is 1. The summed E-state index contributed by atoms with van der Waals surface area (Å²) in [5, 5.41) is 9.63. The number of aromatic hydroxyl groups is 1. The molecule has 1 saturated heterocycles. The highest BCUT2D eigenvalue weighted by Gasteiger charge is 2.37. The van der Waals surface area contributed by atoms with Gasteiger partial charge in [0.25, 0.3) is 0 Å². The maximum atomic E-state index is 13.7. The van der Waals surface area contributed by atoms with Gasteiger partial charge in [-0.25, -0.2) is 4.39 Å². The smallest absolute Gasteiger partial charge is 0.226 e. The van der Waals surface area contributed by atoms with Crippen LogP contribution in [0.5, 0.6) is 5.75 Å². The summed E-state index contributed by atoms with van der Waals surface area (Å²) in [6.07, 6.45) is 3.40. The number of amides is 1.